The van der Waals surface area contributed by atoms with Crippen molar-refractivity contribution < 1.29 is 22.4 Å². The summed E-state index contributed by atoms with van der Waals surface area (Å²) in [4.78, 5) is 10.9. The summed E-state index contributed by atoms with van der Waals surface area (Å²) in [6.45, 7) is 0. The van der Waals surface area contributed by atoms with Crippen LogP contribution in [0.3, 0.4) is 0 Å². The molecule has 0 aliphatic carbocycles. The second kappa shape index (κ2) is 4.09. The lowest BCUT2D eigenvalue weighted by Gasteiger charge is -2.08. The second-order valence-electron chi connectivity index (χ2n) is 2.63. The normalized spacial score (nSPS) is 11.3. The van der Waals surface area contributed by atoms with Crippen molar-refractivity contribution in [1.82, 2.24) is 4.72 Å². The van der Waals surface area contributed by atoms with E-state index in [0.29, 0.717) is 18.2 Å². The fraction of sp³-hybridized carbons (Fsp3) is 0.125. The number of hydrogen-bond acceptors (Lipinski definition) is 2. The monoisotopic (exact) mass is 239 g/mol. The molecular weight excluding hydrogens is 234 g/mol. The minimum absolute atomic E-state index is 0.431. The molecule has 1 amide bonds. The molecule has 0 saturated heterocycles. The summed E-state index contributed by atoms with van der Waals surface area (Å²) in [6.07, 6.45) is -4.61. The molecule has 82 valence electrons. The fourth-order valence-corrected chi connectivity index (χ4v) is 1.06. The van der Waals surface area contributed by atoms with Crippen LogP contribution in [0.15, 0.2) is 18.2 Å². The van der Waals surface area contributed by atoms with Crippen LogP contribution < -0.4 is 4.72 Å². The number of amides is 1. The molecular formula is C8H5F4NOS. The molecule has 0 spiro atoms. The molecule has 0 aliphatic rings. The van der Waals surface area contributed by atoms with Gasteiger partial charge >= 0.3 is 6.18 Å². The Balaban J connectivity index is 3.23. The van der Waals surface area contributed by atoms with E-state index in [1.54, 1.807) is 4.72 Å². The Hall–Kier alpha value is -1.24. The van der Waals surface area contributed by atoms with Crippen LogP contribution >= 0.6 is 12.8 Å². The van der Waals surface area contributed by atoms with Gasteiger partial charge in [0.15, 0.2) is 0 Å². The second-order valence-corrected chi connectivity index (χ2v) is 2.86. The Morgan fingerprint density at radius 3 is 2.40 bits per heavy atom. The Bertz CT molecular complexity index is 391. The van der Waals surface area contributed by atoms with Gasteiger partial charge in [-0.15, -0.1) is 0 Å². The largest absolute Gasteiger partial charge is 0.416 e. The van der Waals surface area contributed by atoms with E-state index >= 15 is 0 Å². The molecule has 1 N–H and O–H groups in total. The van der Waals surface area contributed by atoms with E-state index in [-0.39, 0.29) is 0 Å². The Labute approximate surface area is 87.8 Å². The van der Waals surface area contributed by atoms with E-state index < -0.39 is 29.0 Å². The highest BCUT2D eigenvalue weighted by molar-refractivity contribution is 7.78. The van der Waals surface area contributed by atoms with E-state index in [4.69, 9.17) is 0 Å². The van der Waals surface area contributed by atoms with Gasteiger partial charge in [0.1, 0.15) is 5.82 Å². The number of carbonyl (C=O) groups is 1. The van der Waals surface area contributed by atoms with Crippen molar-refractivity contribution in [3.05, 3.63) is 35.1 Å². The van der Waals surface area contributed by atoms with Gasteiger partial charge in [0, 0.05) is 0 Å². The molecule has 0 atom stereocenters. The molecule has 2 nitrogen and oxygen atoms in total. The zero-order chi connectivity index (χ0) is 11.6. The Morgan fingerprint density at radius 1 is 1.33 bits per heavy atom. The number of alkyl halides is 3. The zero-order valence-corrected chi connectivity index (χ0v) is 7.99. The molecule has 1 aromatic carbocycles. The van der Waals surface area contributed by atoms with Crippen LogP contribution in [0.5, 0.6) is 0 Å². The maximum atomic E-state index is 12.9. The first kappa shape index (κ1) is 11.8. The lowest BCUT2D eigenvalue weighted by atomic mass is 10.1. The van der Waals surface area contributed by atoms with Crippen molar-refractivity contribution in [1.29, 1.82) is 0 Å². The van der Waals surface area contributed by atoms with E-state index in [1.807, 2.05) is 0 Å². The summed E-state index contributed by atoms with van der Waals surface area (Å²) in [7, 11) is 0. The first-order chi connectivity index (χ1) is 6.86. The summed E-state index contributed by atoms with van der Waals surface area (Å²) >= 11 is 3.33. The minimum Gasteiger partial charge on any atom is -0.299 e. The van der Waals surface area contributed by atoms with Gasteiger partial charge in [-0.3, -0.25) is 9.52 Å². The quantitative estimate of drug-likeness (QED) is 0.572. The minimum atomic E-state index is -4.61. The predicted molar refractivity (Wildman–Crippen MR) is 47.9 cm³/mol. The lowest BCUT2D eigenvalue weighted by Crippen LogP contribution is -2.16. The fourth-order valence-electron chi connectivity index (χ4n) is 0.936. The smallest absolute Gasteiger partial charge is 0.299 e. The molecule has 1 rings (SSSR count). The standard InChI is InChI=1S/C8H5F4NOS/c9-6-2-1-4(8(10,11)12)3-5(6)7(14)13-15/h1-3,15H,(H,13,14). The molecule has 0 aliphatic heterocycles. The third kappa shape index (κ3) is 2.62. The van der Waals surface area contributed by atoms with Gasteiger partial charge in [-0.05, 0) is 18.2 Å². The maximum Gasteiger partial charge on any atom is 0.416 e. The molecule has 0 heterocycles. The van der Waals surface area contributed by atoms with E-state index in [0.717, 1.165) is 0 Å². The molecule has 15 heavy (non-hydrogen) atoms. The van der Waals surface area contributed by atoms with E-state index in [9.17, 15) is 22.4 Å². The highest BCUT2D eigenvalue weighted by Crippen LogP contribution is 2.30. The van der Waals surface area contributed by atoms with Gasteiger partial charge in [-0.25, -0.2) is 4.39 Å². The molecule has 0 bridgehead atoms. The van der Waals surface area contributed by atoms with E-state index in [1.165, 1.54) is 0 Å². The highest BCUT2D eigenvalue weighted by atomic mass is 32.1. The topological polar surface area (TPSA) is 29.1 Å². The Morgan fingerprint density at radius 2 is 1.93 bits per heavy atom. The number of carbonyl (C=O) groups excluding carboxylic acids is 1. The number of benzene rings is 1. The average Bonchev–Trinajstić information content (AvgIpc) is 2.15. The number of nitrogens with one attached hydrogen (secondary N) is 1. The molecule has 0 unspecified atom stereocenters. The van der Waals surface area contributed by atoms with Crippen LogP contribution in [0.4, 0.5) is 17.6 Å². The molecule has 0 aromatic heterocycles. The number of rotatable bonds is 1. The van der Waals surface area contributed by atoms with Crippen molar-refractivity contribution in [2.75, 3.05) is 0 Å². The molecule has 0 saturated carbocycles. The summed E-state index contributed by atoms with van der Waals surface area (Å²) < 4.78 is 51.3. The summed E-state index contributed by atoms with van der Waals surface area (Å²) in [5.74, 6) is -2.06. The van der Waals surface area contributed by atoms with Crippen LogP contribution in [0.2, 0.25) is 0 Å². The first-order valence-corrected chi connectivity index (χ1v) is 4.12. The van der Waals surface area contributed by atoms with Gasteiger partial charge < -0.3 is 0 Å². The number of halogens is 4. The third-order valence-electron chi connectivity index (χ3n) is 1.64. The SMILES string of the molecule is O=C(NS)c1cc(C(F)(F)F)ccc1F. The van der Waals surface area contributed by atoms with Gasteiger partial charge in [0.2, 0.25) is 0 Å². The van der Waals surface area contributed by atoms with Crippen molar-refractivity contribution in [2.45, 2.75) is 6.18 Å². The lowest BCUT2D eigenvalue weighted by molar-refractivity contribution is -0.137. The maximum absolute atomic E-state index is 12.9. The summed E-state index contributed by atoms with van der Waals surface area (Å²) in [6, 6.07) is 1.58. The van der Waals surface area contributed by atoms with Crippen molar-refractivity contribution in [3.63, 3.8) is 0 Å². The van der Waals surface area contributed by atoms with Gasteiger partial charge in [-0.1, -0.05) is 12.8 Å². The van der Waals surface area contributed by atoms with Gasteiger partial charge in [0.25, 0.3) is 5.91 Å². The highest BCUT2D eigenvalue weighted by Gasteiger charge is 2.31. The first-order valence-electron chi connectivity index (χ1n) is 3.67. The molecule has 1 aromatic rings. The van der Waals surface area contributed by atoms with E-state index in [2.05, 4.69) is 12.8 Å². The van der Waals surface area contributed by atoms with Crippen LogP contribution in [0.1, 0.15) is 15.9 Å². The molecule has 7 heteroatoms. The number of hydrogen-bond donors (Lipinski definition) is 2. The predicted octanol–water partition coefficient (Wildman–Crippen LogP) is 2.42. The van der Waals surface area contributed by atoms with Gasteiger partial charge in [-0.2, -0.15) is 13.2 Å². The summed E-state index contributed by atoms with van der Waals surface area (Å²) in [5.41, 5.74) is -1.78. The molecule has 0 fully saturated rings. The third-order valence-corrected chi connectivity index (χ3v) is 1.84. The van der Waals surface area contributed by atoms with Crippen LogP contribution in [0, 0.1) is 5.82 Å². The van der Waals surface area contributed by atoms with Crippen molar-refractivity contribution in [3.8, 4) is 0 Å². The van der Waals surface area contributed by atoms with Gasteiger partial charge in [0.05, 0.1) is 11.1 Å². The summed E-state index contributed by atoms with van der Waals surface area (Å²) in [5, 5.41) is 0. The van der Waals surface area contributed by atoms with Crippen LogP contribution in [-0.2, 0) is 6.18 Å². The zero-order valence-electron chi connectivity index (χ0n) is 7.10. The van der Waals surface area contributed by atoms with Crippen molar-refractivity contribution >= 4 is 18.7 Å². The van der Waals surface area contributed by atoms with Crippen molar-refractivity contribution in [2.24, 2.45) is 0 Å². The van der Waals surface area contributed by atoms with Crippen LogP contribution in [-0.4, -0.2) is 5.91 Å². The average molecular weight is 239 g/mol. The number of thiol groups is 1. The van der Waals surface area contributed by atoms with Crippen LogP contribution in [0.25, 0.3) is 0 Å². The molecule has 0 radical (unpaired) electrons. The Kier molecular flexibility index (Phi) is 3.23.